The monoisotopic (exact) mass is 1280 g/mol. The van der Waals surface area contributed by atoms with Gasteiger partial charge in [0.2, 0.25) is 29.5 Å². The zero-order valence-electron chi connectivity index (χ0n) is 55.3. The molecule has 4 aromatic carbocycles. The summed E-state index contributed by atoms with van der Waals surface area (Å²) in [5.74, 6) is -0.0498. The Hall–Kier alpha value is -8.78. The Morgan fingerprint density at radius 1 is 0.638 bits per heavy atom. The van der Waals surface area contributed by atoms with Crippen LogP contribution in [0.25, 0.3) is 17.2 Å². The van der Waals surface area contributed by atoms with Crippen molar-refractivity contribution in [2.24, 2.45) is 22.7 Å². The normalized spacial score (nSPS) is 20.6. The first-order valence-corrected chi connectivity index (χ1v) is 33.9. The van der Waals surface area contributed by atoms with Gasteiger partial charge in [-0.3, -0.25) is 43.5 Å². The number of rotatable bonds is 24. The third kappa shape index (κ3) is 15.5. The molecule has 0 spiro atoms. The van der Waals surface area contributed by atoms with Crippen LogP contribution < -0.4 is 39.8 Å². The van der Waals surface area contributed by atoms with Crippen molar-refractivity contribution in [3.8, 4) is 23.0 Å². The second kappa shape index (κ2) is 30.5. The van der Waals surface area contributed by atoms with Crippen molar-refractivity contribution in [2.45, 2.75) is 148 Å². The number of aliphatic imine (C=N–C) groups is 1. The molecule has 5 atom stereocenters. The number of likely N-dealkylation sites (N-methyl/N-ethyl adjacent to an activating group) is 1. The standard InChI is InChI=1S/C74H91N9O11/c1-47(2)69(78-67(84)19-14-11-15-30-81-68(85)42-60(72(81)88)51-17-12-9-7-8-10-13-18-51)71(87)76-48(3)70(86)77-55-25-20-49(21-26-55)54-38-58-44-75-62-43-66(64(92-6)41-61(62)74(90)83(58)46-54)94-36-16-35-93-65-39-52-24-29-57-37-53(45-82(57)73(89)59(52)40-63(65)91-5)50-22-27-56(28-23-50)80-33-31-79(4)32-34-80/h20-29,39-41,43-48,51,57-58,60,69H,7-19,30-38,42H2,1-6H3,(H,76,87)(H,77,86)(H,78,84)/t48-,57+,58-,60?,69?/m0/s1. The molecule has 7 aliphatic rings. The van der Waals surface area contributed by atoms with Crippen molar-refractivity contribution in [1.82, 2.24) is 30.2 Å². The Morgan fingerprint density at radius 2 is 1.24 bits per heavy atom. The minimum absolute atomic E-state index is 0.0272. The number of hydrogen-bond acceptors (Lipinski definition) is 14. The molecular formula is C74H91N9O11. The first-order valence-electron chi connectivity index (χ1n) is 33.9. The number of nitrogens with one attached hydrogen (secondary N) is 3. The second-order valence-electron chi connectivity index (χ2n) is 26.5. The number of benzene rings is 4. The fourth-order valence-corrected chi connectivity index (χ4v) is 14.0. The highest BCUT2D eigenvalue weighted by molar-refractivity contribution is 6.06. The van der Waals surface area contributed by atoms with Gasteiger partial charge in [-0.25, -0.2) is 0 Å². The molecule has 2 saturated heterocycles. The van der Waals surface area contributed by atoms with Gasteiger partial charge >= 0.3 is 0 Å². The number of likely N-dealkylation sites (tertiary alicyclic amines) is 1. The molecule has 6 aliphatic heterocycles. The van der Waals surface area contributed by atoms with Gasteiger partial charge in [-0.05, 0) is 128 Å². The van der Waals surface area contributed by atoms with Gasteiger partial charge < -0.3 is 54.5 Å². The number of imide groups is 1. The molecule has 498 valence electrons. The summed E-state index contributed by atoms with van der Waals surface area (Å²) in [6.45, 7) is 10.3. The maximum atomic E-state index is 14.2. The van der Waals surface area contributed by atoms with E-state index in [4.69, 9.17) is 23.9 Å². The molecule has 0 radical (unpaired) electrons. The molecule has 7 amide bonds. The zero-order valence-corrected chi connectivity index (χ0v) is 55.3. The van der Waals surface area contributed by atoms with E-state index in [9.17, 15) is 33.6 Å². The molecule has 0 bridgehead atoms. The SMILES string of the molecule is COc1cc2c(cc1OCCCOc1cc3c(cc1OC)C(=O)N1C=C(c4ccc(NC(=O)[C@H](C)NC(=O)C(NC(=O)CCCCCN5C(=O)CC(C6CCCCCCCC6)C5=O)C(C)C)cc4)C[C@H]1C=N3)C=C[C@@H]1CC(c3ccc(N4CCN(C)CC4)cc3)=CN1C2=O. The highest BCUT2D eigenvalue weighted by Crippen LogP contribution is 2.42. The van der Waals surface area contributed by atoms with Crippen molar-refractivity contribution in [3.05, 3.63) is 119 Å². The van der Waals surface area contributed by atoms with Gasteiger partial charge in [-0.2, -0.15) is 0 Å². The number of unbranched alkanes of at least 4 members (excludes halogenated alkanes) is 2. The maximum absolute atomic E-state index is 14.2. The number of fused-ring (bicyclic) bond motifs is 4. The topological polar surface area (TPSA) is 221 Å². The quantitative estimate of drug-likeness (QED) is 0.0439. The van der Waals surface area contributed by atoms with E-state index in [0.29, 0.717) is 97.0 Å². The Balaban J connectivity index is 0.614. The van der Waals surface area contributed by atoms with Crippen LogP contribution >= 0.6 is 0 Å². The average molecular weight is 1280 g/mol. The van der Waals surface area contributed by atoms with E-state index in [2.05, 4.69) is 63.1 Å². The second-order valence-corrected chi connectivity index (χ2v) is 26.5. The van der Waals surface area contributed by atoms with E-state index >= 15 is 0 Å². The Bertz CT molecular complexity index is 3580. The van der Waals surface area contributed by atoms with Gasteiger partial charge in [0.05, 0.1) is 62.2 Å². The summed E-state index contributed by atoms with van der Waals surface area (Å²) in [6, 6.07) is 20.7. The van der Waals surface area contributed by atoms with E-state index in [0.717, 1.165) is 79.7 Å². The zero-order chi connectivity index (χ0) is 66.0. The molecule has 20 heteroatoms. The van der Waals surface area contributed by atoms with Crippen molar-refractivity contribution in [3.63, 3.8) is 0 Å². The van der Waals surface area contributed by atoms with Crippen LogP contribution in [0.4, 0.5) is 17.1 Å². The number of ether oxygens (including phenoxy) is 4. The molecule has 1 aliphatic carbocycles. The van der Waals surface area contributed by atoms with Crippen LogP contribution in [0.15, 0.2) is 96.3 Å². The number of piperazine rings is 1. The highest BCUT2D eigenvalue weighted by Gasteiger charge is 2.42. The molecule has 11 rings (SSSR count). The molecule has 2 unspecified atom stereocenters. The minimum Gasteiger partial charge on any atom is -0.493 e. The summed E-state index contributed by atoms with van der Waals surface area (Å²) in [5.41, 5.74) is 7.83. The largest absolute Gasteiger partial charge is 0.493 e. The van der Waals surface area contributed by atoms with Crippen LogP contribution in [0.1, 0.15) is 161 Å². The molecule has 6 heterocycles. The molecular weight excluding hydrogens is 1190 g/mol. The molecule has 20 nitrogen and oxygen atoms in total. The van der Waals surface area contributed by atoms with E-state index < -0.39 is 23.9 Å². The predicted molar refractivity (Wildman–Crippen MR) is 363 cm³/mol. The fraction of sp³-hybridized carbons (Fsp3) is 0.486. The first-order chi connectivity index (χ1) is 45.5. The van der Waals surface area contributed by atoms with E-state index in [1.807, 2.05) is 55.4 Å². The number of hydrogen-bond donors (Lipinski definition) is 3. The third-order valence-electron chi connectivity index (χ3n) is 19.6. The lowest BCUT2D eigenvalue weighted by Crippen LogP contribution is -2.53. The van der Waals surface area contributed by atoms with Gasteiger partial charge in [0, 0.05) is 94.5 Å². The molecule has 3 fully saturated rings. The van der Waals surface area contributed by atoms with Gasteiger partial charge in [-0.15, -0.1) is 0 Å². The van der Waals surface area contributed by atoms with Crippen LogP contribution in [-0.4, -0.2) is 159 Å². The van der Waals surface area contributed by atoms with E-state index in [-0.39, 0.29) is 79.0 Å². The molecule has 4 aromatic rings. The number of anilines is 2. The lowest BCUT2D eigenvalue weighted by molar-refractivity contribution is -0.140. The summed E-state index contributed by atoms with van der Waals surface area (Å²) in [7, 11) is 5.24. The lowest BCUT2D eigenvalue weighted by Gasteiger charge is -2.34. The maximum Gasteiger partial charge on any atom is 0.260 e. The Labute approximate surface area is 552 Å². The van der Waals surface area contributed by atoms with Crippen LogP contribution in [0, 0.1) is 17.8 Å². The van der Waals surface area contributed by atoms with Crippen molar-refractivity contribution in [1.29, 1.82) is 0 Å². The molecule has 1 saturated carbocycles. The van der Waals surface area contributed by atoms with Gasteiger partial charge in [0.1, 0.15) is 12.1 Å². The van der Waals surface area contributed by atoms with Gasteiger partial charge in [0.15, 0.2) is 23.0 Å². The number of methoxy groups -OCH3 is 2. The number of amides is 7. The van der Waals surface area contributed by atoms with Crippen LogP contribution in [0.2, 0.25) is 0 Å². The highest BCUT2D eigenvalue weighted by atomic mass is 16.5. The van der Waals surface area contributed by atoms with Crippen molar-refractivity contribution >= 4 is 81.8 Å². The molecule has 3 N–H and O–H groups in total. The summed E-state index contributed by atoms with van der Waals surface area (Å²) in [6.07, 6.45) is 22.8. The van der Waals surface area contributed by atoms with Crippen molar-refractivity contribution in [2.75, 3.05) is 77.4 Å². The predicted octanol–water partition coefficient (Wildman–Crippen LogP) is 10.8. The van der Waals surface area contributed by atoms with E-state index in [1.54, 1.807) is 55.5 Å². The van der Waals surface area contributed by atoms with Gasteiger partial charge in [0.25, 0.3) is 11.8 Å². The summed E-state index contributed by atoms with van der Waals surface area (Å²) < 4.78 is 24.0. The Morgan fingerprint density at radius 3 is 1.90 bits per heavy atom. The van der Waals surface area contributed by atoms with Crippen LogP contribution in [-0.2, 0) is 24.0 Å². The van der Waals surface area contributed by atoms with E-state index in [1.165, 1.54) is 43.4 Å². The molecule has 94 heavy (non-hydrogen) atoms. The van der Waals surface area contributed by atoms with Crippen LogP contribution in [0.5, 0.6) is 23.0 Å². The van der Waals surface area contributed by atoms with Crippen molar-refractivity contribution < 1.29 is 52.5 Å². The number of carbonyl (C=O) groups excluding carboxylic acids is 7. The fourth-order valence-electron chi connectivity index (χ4n) is 14.0. The third-order valence-corrected chi connectivity index (χ3v) is 19.6. The minimum atomic E-state index is -0.922. The average Bonchev–Trinajstić information content (AvgIpc) is 1.62. The smallest absolute Gasteiger partial charge is 0.260 e. The Kier molecular flexibility index (Phi) is 21.7. The first kappa shape index (κ1) is 66.7. The number of nitrogens with zero attached hydrogens (tertiary/aromatic N) is 6. The van der Waals surface area contributed by atoms with Crippen LogP contribution in [0.3, 0.4) is 0 Å². The lowest BCUT2D eigenvalue weighted by atomic mass is 9.83. The molecule has 0 aromatic heterocycles. The number of carbonyl (C=O) groups is 7. The van der Waals surface area contributed by atoms with Gasteiger partial charge in [-0.1, -0.05) is 95.2 Å². The summed E-state index contributed by atoms with van der Waals surface area (Å²) in [5, 5.41) is 8.49. The summed E-state index contributed by atoms with van der Waals surface area (Å²) in [4.78, 5) is 109. The summed E-state index contributed by atoms with van der Waals surface area (Å²) >= 11 is 0.